The first-order valence-corrected chi connectivity index (χ1v) is 7.11. The van der Waals surface area contributed by atoms with Crippen LogP contribution in [0.25, 0.3) is 0 Å². The molecule has 20 heavy (non-hydrogen) atoms. The number of rotatable bonds is 3. The minimum Gasteiger partial charge on any atom is -0.388 e. The molecule has 5 nitrogen and oxygen atoms in total. The van der Waals surface area contributed by atoms with E-state index >= 15 is 0 Å². The van der Waals surface area contributed by atoms with Crippen molar-refractivity contribution < 1.29 is 9.63 Å². The van der Waals surface area contributed by atoms with Crippen LogP contribution in [0.5, 0.6) is 0 Å². The lowest BCUT2D eigenvalue weighted by molar-refractivity contribution is 0.168. The van der Waals surface area contributed by atoms with Crippen molar-refractivity contribution in [2.45, 2.75) is 38.8 Å². The molecule has 0 amide bonds. The fraction of sp³-hybridized carbons (Fsp3) is 0.467. The molecule has 3 rings (SSSR count). The smallest absolute Gasteiger partial charge is 0.246 e. The van der Waals surface area contributed by atoms with Crippen molar-refractivity contribution in [2.75, 3.05) is 11.4 Å². The maximum Gasteiger partial charge on any atom is 0.246 e. The number of para-hydroxylation sites is 1. The van der Waals surface area contributed by atoms with Gasteiger partial charge in [-0.2, -0.15) is 4.98 Å². The Balaban J connectivity index is 1.87. The van der Waals surface area contributed by atoms with Crippen LogP contribution in [0.3, 0.4) is 0 Å². The van der Waals surface area contributed by atoms with Gasteiger partial charge in [0.25, 0.3) is 0 Å². The highest BCUT2D eigenvalue weighted by atomic mass is 16.5. The van der Waals surface area contributed by atoms with Gasteiger partial charge in [-0.3, -0.25) is 0 Å². The molecule has 106 valence electrons. The minimum atomic E-state index is -0.384. The number of anilines is 1. The number of aromatic nitrogens is 2. The van der Waals surface area contributed by atoms with E-state index in [1.54, 1.807) is 0 Å². The van der Waals surface area contributed by atoms with Crippen LogP contribution < -0.4 is 4.90 Å². The van der Waals surface area contributed by atoms with E-state index in [4.69, 9.17) is 4.52 Å². The second kappa shape index (κ2) is 5.63. The second-order valence-electron chi connectivity index (χ2n) is 5.10. The average Bonchev–Trinajstić information content (AvgIpc) is 2.87. The molecule has 1 atom stereocenters. The van der Waals surface area contributed by atoms with Crippen LogP contribution >= 0.6 is 0 Å². The highest BCUT2D eigenvalue weighted by Crippen LogP contribution is 2.33. The highest BCUT2D eigenvalue weighted by Gasteiger charge is 2.22. The van der Waals surface area contributed by atoms with Gasteiger partial charge < -0.3 is 14.5 Å². The molecule has 0 spiro atoms. The van der Waals surface area contributed by atoms with E-state index < -0.39 is 0 Å². The van der Waals surface area contributed by atoms with E-state index in [9.17, 15) is 5.11 Å². The number of aryl methyl sites for hydroxylation is 1. The van der Waals surface area contributed by atoms with Gasteiger partial charge in [0, 0.05) is 24.2 Å². The summed E-state index contributed by atoms with van der Waals surface area (Å²) in [5.74, 6) is 1.37. The van der Waals surface area contributed by atoms with Crippen molar-refractivity contribution >= 4 is 5.69 Å². The van der Waals surface area contributed by atoms with Gasteiger partial charge in [0.15, 0.2) is 5.82 Å². The normalized spacial score (nSPS) is 18.7. The Morgan fingerprint density at radius 1 is 1.40 bits per heavy atom. The van der Waals surface area contributed by atoms with Crippen LogP contribution in [0, 0.1) is 0 Å². The lowest BCUT2D eigenvalue weighted by atomic mass is 10.0. The first-order chi connectivity index (χ1) is 9.78. The van der Waals surface area contributed by atoms with Crippen molar-refractivity contribution in [2.24, 2.45) is 0 Å². The van der Waals surface area contributed by atoms with Crippen LogP contribution in [0.1, 0.15) is 43.1 Å². The van der Waals surface area contributed by atoms with E-state index in [0.29, 0.717) is 12.4 Å². The zero-order chi connectivity index (χ0) is 13.9. The summed E-state index contributed by atoms with van der Waals surface area (Å²) in [5, 5.41) is 14.1. The molecule has 0 fully saturated rings. The molecule has 2 aromatic rings. The van der Waals surface area contributed by atoms with Gasteiger partial charge in [0.2, 0.25) is 5.89 Å². The quantitative estimate of drug-likeness (QED) is 0.930. The van der Waals surface area contributed by atoms with E-state index in [2.05, 4.69) is 15.0 Å². The lowest BCUT2D eigenvalue weighted by Gasteiger charge is -2.23. The Bertz CT molecular complexity index is 582. The maximum atomic E-state index is 10.2. The highest BCUT2D eigenvalue weighted by molar-refractivity contribution is 5.55. The van der Waals surface area contributed by atoms with Crippen molar-refractivity contribution in [3.8, 4) is 0 Å². The molecule has 1 aliphatic heterocycles. The van der Waals surface area contributed by atoms with Crippen molar-refractivity contribution in [1.29, 1.82) is 0 Å². The topological polar surface area (TPSA) is 62.4 Å². The number of aliphatic hydroxyl groups excluding tert-OH is 1. The van der Waals surface area contributed by atoms with Gasteiger partial charge in [-0.25, -0.2) is 0 Å². The van der Waals surface area contributed by atoms with E-state index in [-0.39, 0.29) is 6.10 Å². The fourth-order valence-corrected chi connectivity index (χ4v) is 2.63. The van der Waals surface area contributed by atoms with Crippen LogP contribution in [0.2, 0.25) is 0 Å². The number of hydrogen-bond acceptors (Lipinski definition) is 5. The molecule has 0 saturated heterocycles. The summed E-state index contributed by atoms with van der Waals surface area (Å²) in [6.45, 7) is 3.49. The van der Waals surface area contributed by atoms with Gasteiger partial charge in [0.1, 0.15) is 0 Å². The number of benzene rings is 1. The van der Waals surface area contributed by atoms with Gasteiger partial charge in [0.05, 0.1) is 12.6 Å². The van der Waals surface area contributed by atoms with Crippen molar-refractivity contribution in [3.63, 3.8) is 0 Å². The molecule has 1 unspecified atom stereocenters. The lowest BCUT2D eigenvalue weighted by Crippen LogP contribution is -2.23. The summed E-state index contributed by atoms with van der Waals surface area (Å²) < 4.78 is 5.28. The monoisotopic (exact) mass is 273 g/mol. The van der Waals surface area contributed by atoms with Gasteiger partial charge >= 0.3 is 0 Å². The summed E-state index contributed by atoms with van der Waals surface area (Å²) in [6, 6.07) is 7.99. The van der Waals surface area contributed by atoms with Crippen LogP contribution in [-0.2, 0) is 13.0 Å². The summed E-state index contributed by atoms with van der Waals surface area (Å²) in [7, 11) is 0. The number of fused-ring (bicyclic) bond motifs is 1. The van der Waals surface area contributed by atoms with E-state index in [1.807, 2.05) is 31.2 Å². The number of nitrogens with zero attached hydrogens (tertiary/aromatic N) is 3. The zero-order valence-electron chi connectivity index (χ0n) is 11.6. The second-order valence-corrected chi connectivity index (χ2v) is 5.10. The fourth-order valence-electron chi connectivity index (χ4n) is 2.63. The van der Waals surface area contributed by atoms with Gasteiger partial charge in [-0.05, 0) is 18.9 Å². The average molecular weight is 273 g/mol. The Hall–Kier alpha value is -1.88. The first kappa shape index (κ1) is 13.1. The Morgan fingerprint density at radius 2 is 2.25 bits per heavy atom. The molecule has 1 aromatic heterocycles. The Labute approximate surface area is 118 Å². The molecule has 1 aliphatic rings. The van der Waals surface area contributed by atoms with E-state index in [1.165, 1.54) is 0 Å². The predicted octanol–water partition coefficient (Wildman–Crippen LogP) is 2.47. The van der Waals surface area contributed by atoms with Crippen molar-refractivity contribution in [1.82, 2.24) is 10.1 Å². The maximum absolute atomic E-state index is 10.2. The predicted molar refractivity (Wildman–Crippen MR) is 75.4 cm³/mol. The molecule has 0 saturated carbocycles. The zero-order valence-corrected chi connectivity index (χ0v) is 11.6. The molecule has 0 aliphatic carbocycles. The minimum absolute atomic E-state index is 0.384. The molecule has 0 radical (unpaired) electrons. The summed E-state index contributed by atoms with van der Waals surface area (Å²) in [5.41, 5.74) is 2.05. The van der Waals surface area contributed by atoms with Gasteiger partial charge in [-0.15, -0.1) is 0 Å². The molecule has 1 N–H and O–H groups in total. The SMILES string of the molecule is CCc1noc(CN2CCCC(O)c3ccccc32)n1. The van der Waals surface area contributed by atoms with Gasteiger partial charge in [-0.1, -0.05) is 30.3 Å². The third-order valence-corrected chi connectivity index (χ3v) is 3.69. The summed E-state index contributed by atoms with van der Waals surface area (Å²) in [6.07, 6.45) is 2.13. The molecule has 1 aromatic carbocycles. The molecular formula is C15H19N3O2. The summed E-state index contributed by atoms with van der Waals surface area (Å²) in [4.78, 5) is 6.57. The first-order valence-electron chi connectivity index (χ1n) is 7.11. The van der Waals surface area contributed by atoms with Crippen LogP contribution in [0.4, 0.5) is 5.69 Å². The van der Waals surface area contributed by atoms with Crippen LogP contribution in [-0.4, -0.2) is 21.8 Å². The third-order valence-electron chi connectivity index (χ3n) is 3.69. The number of hydrogen-bond donors (Lipinski definition) is 1. The van der Waals surface area contributed by atoms with Crippen LogP contribution in [0.15, 0.2) is 28.8 Å². The number of aliphatic hydroxyl groups is 1. The third kappa shape index (κ3) is 2.54. The molecule has 0 bridgehead atoms. The molecular weight excluding hydrogens is 254 g/mol. The Morgan fingerprint density at radius 3 is 3.05 bits per heavy atom. The van der Waals surface area contributed by atoms with Crippen molar-refractivity contribution in [3.05, 3.63) is 41.5 Å². The molecule has 5 heteroatoms. The largest absolute Gasteiger partial charge is 0.388 e. The standard InChI is InChI=1S/C15H19N3O2/c1-2-14-16-15(20-17-14)10-18-9-5-8-13(19)11-6-3-4-7-12(11)18/h3-4,6-7,13,19H,2,5,8-10H2,1H3. The summed E-state index contributed by atoms with van der Waals surface area (Å²) >= 11 is 0. The van der Waals surface area contributed by atoms with E-state index in [0.717, 1.165) is 42.9 Å². The Kier molecular flexibility index (Phi) is 3.69. The molecule has 2 heterocycles.